The summed E-state index contributed by atoms with van der Waals surface area (Å²) in [6.07, 6.45) is 5.19. The predicted octanol–water partition coefficient (Wildman–Crippen LogP) is 2.56. The Kier molecular flexibility index (Phi) is 4.49. The minimum absolute atomic E-state index is 0.278. The fourth-order valence-corrected chi connectivity index (χ4v) is 3.92. The van der Waals surface area contributed by atoms with Gasteiger partial charge in [0.25, 0.3) is 0 Å². The number of hydrogen-bond donors (Lipinski definition) is 2. The van der Waals surface area contributed by atoms with Crippen molar-refractivity contribution in [2.24, 2.45) is 23.2 Å². The van der Waals surface area contributed by atoms with Gasteiger partial charge in [-0.15, -0.1) is 0 Å². The highest BCUT2D eigenvalue weighted by Gasteiger charge is 2.40. The summed E-state index contributed by atoms with van der Waals surface area (Å²) in [5, 5.41) is 11.9. The normalized spacial score (nSPS) is 29.2. The molecule has 21 heavy (non-hydrogen) atoms. The maximum absolute atomic E-state index is 12.3. The van der Waals surface area contributed by atoms with Crippen LogP contribution in [0.2, 0.25) is 0 Å². The van der Waals surface area contributed by atoms with Crippen molar-refractivity contribution in [3.05, 3.63) is 0 Å². The molecule has 0 aromatic heterocycles. The Morgan fingerprint density at radius 3 is 2.38 bits per heavy atom. The molecule has 2 N–H and O–H groups in total. The van der Waals surface area contributed by atoms with Gasteiger partial charge in [0, 0.05) is 13.6 Å². The van der Waals surface area contributed by atoms with Crippen molar-refractivity contribution < 1.29 is 14.7 Å². The lowest BCUT2D eigenvalue weighted by Crippen LogP contribution is -2.53. The number of urea groups is 1. The quantitative estimate of drug-likeness (QED) is 0.837. The highest BCUT2D eigenvalue weighted by Crippen LogP contribution is 2.48. The number of carbonyl (C=O) groups is 2. The van der Waals surface area contributed by atoms with Crippen molar-refractivity contribution in [1.29, 1.82) is 0 Å². The Labute approximate surface area is 127 Å². The average molecular weight is 296 g/mol. The first-order valence-corrected chi connectivity index (χ1v) is 7.93. The lowest BCUT2D eigenvalue weighted by atomic mass is 9.87. The molecule has 2 bridgehead atoms. The predicted molar refractivity (Wildman–Crippen MR) is 81.0 cm³/mol. The molecular formula is C16H28N2O3. The van der Waals surface area contributed by atoms with E-state index in [-0.39, 0.29) is 6.03 Å². The molecule has 2 saturated carbocycles. The molecule has 2 fully saturated rings. The number of fused-ring (bicyclic) bond motifs is 2. The van der Waals surface area contributed by atoms with Crippen LogP contribution in [0.3, 0.4) is 0 Å². The lowest BCUT2D eigenvalue weighted by Gasteiger charge is -2.32. The molecule has 0 aromatic carbocycles. The second-order valence-electron chi connectivity index (χ2n) is 7.90. The van der Waals surface area contributed by atoms with Crippen LogP contribution in [0.4, 0.5) is 4.79 Å². The van der Waals surface area contributed by atoms with Crippen LogP contribution in [0.1, 0.15) is 46.5 Å². The first-order chi connectivity index (χ1) is 9.68. The summed E-state index contributed by atoms with van der Waals surface area (Å²) in [7, 11) is 1.77. The van der Waals surface area contributed by atoms with Crippen molar-refractivity contribution in [3.8, 4) is 0 Å². The molecule has 2 amide bonds. The molecule has 2 rings (SSSR count). The third kappa shape index (κ3) is 3.69. The number of rotatable bonds is 4. The van der Waals surface area contributed by atoms with Crippen LogP contribution in [-0.4, -0.2) is 41.6 Å². The van der Waals surface area contributed by atoms with Crippen LogP contribution in [0, 0.1) is 23.2 Å². The summed E-state index contributed by atoms with van der Waals surface area (Å²) in [6, 6.07) is -1.15. The highest BCUT2D eigenvalue weighted by atomic mass is 16.4. The zero-order valence-corrected chi connectivity index (χ0v) is 13.6. The number of hydrogen-bond acceptors (Lipinski definition) is 2. The number of carboxylic acid groups (broad SMARTS) is 1. The molecule has 3 unspecified atom stereocenters. The molecule has 2 aliphatic rings. The smallest absolute Gasteiger partial charge is 0.326 e. The lowest BCUT2D eigenvalue weighted by molar-refractivity contribution is -0.142. The summed E-state index contributed by atoms with van der Waals surface area (Å²) < 4.78 is 0. The molecule has 0 radical (unpaired) electrons. The molecule has 0 aliphatic heterocycles. The molecule has 120 valence electrons. The van der Waals surface area contributed by atoms with Crippen molar-refractivity contribution >= 4 is 12.0 Å². The van der Waals surface area contributed by atoms with E-state index in [9.17, 15) is 14.7 Å². The van der Waals surface area contributed by atoms with E-state index in [0.717, 1.165) is 18.4 Å². The Balaban J connectivity index is 1.88. The number of carboxylic acids is 1. The van der Waals surface area contributed by atoms with Gasteiger partial charge in [-0.2, -0.15) is 0 Å². The second kappa shape index (κ2) is 5.85. The second-order valence-corrected chi connectivity index (χ2v) is 7.90. The molecule has 0 saturated heterocycles. The molecular weight excluding hydrogens is 268 g/mol. The van der Waals surface area contributed by atoms with Crippen molar-refractivity contribution in [3.63, 3.8) is 0 Å². The van der Waals surface area contributed by atoms with Gasteiger partial charge in [0.05, 0.1) is 0 Å². The van der Waals surface area contributed by atoms with Gasteiger partial charge in [-0.1, -0.05) is 27.2 Å². The summed E-state index contributed by atoms with van der Waals surface area (Å²) in [4.78, 5) is 25.2. The van der Waals surface area contributed by atoms with Gasteiger partial charge >= 0.3 is 12.0 Å². The number of aliphatic carboxylic acids is 1. The third-order valence-corrected chi connectivity index (χ3v) is 5.12. The number of amides is 2. The summed E-state index contributed by atoms with van der Waals surface area (Å²) in [5.74, 6) is 1.24. The van der Waals surface area contributed by atoms with Crippen molar-refractivity contribution in [2.45, 2.75) is 52.5 Å². The van der Waals surface area contributed by atoms with Gasteiger partial charge in [-0.05, 0) is 42.4 Å². The van der Waals surface area contributed by atoms with Crippen molar-refractivity contribution in [2.75, 3.05) is 13.6 Å². The van der Waals surface area contributed by atoms with E-state index >= 15 is 0 Å². The standard InChI is InChI=1S/C16H28N2O3/c1-16(2,3)13(14(19)20)17-15(21)18(4)9-12-8-10-5-6-11(12)7-10/h10-13H,5-9H2,1-4H3,(H,17,21)(H,19,20)/t10?,11?,12?,13-/m1/s1. The summed E-state index contributed by atoms with van der Waals surface area (Å²) >= 11 is 0. The van der Waals surface area contributed by atoms with E-state index in [4.69, 9.17) is 0 Å². The summed E-state index contributed by atoms with van der Waals surface area (Å²) in [6.45, 7) is 6.20. The van der Waals surface area contributed by atoms with Crippen LogP contribution < -0.4 is 5.32 Å². The van der Waals surface area contributed by atoms with Gasteiger partial charge in [-0.25, -0.2) is 9.59 Å². The van der Waals surface area contributed by atoms with E-state index in [1.165, 1.54) is 25.7 Å². The van der Waals surface area contributed by atoms with E-state index < -0.39 is 17.4 Å². The number of carbonyl (C=O) groups excluding carboxylic acids is 1. The van der Waals surface area contributed by atoms with Crippen LogP contribution in [0.25, 0.3) is 0 Å². The molecule has 0 heterocycles. The fourth-order valence-electron chi connectivity index (χ4n) is 3.92. The molecule has 0 aromatic rings. The first kappa shape index (κ1) is 16.1. The average Bonchev–Trinajstić information content (AvgIpc) is 2.95. The maximum atomic E-state index is 12.3. The third-order valence-electron chi connectivity index (χ3n) is 5.12. The van der Waals surface area contributed by atoms with E-state index in [2.05, 4.69) is 5.32 Å². The SMILES string of the molecule is CN(CC1CC2CCC1C2)C(=O)N[C@H](C(=O)O)C(C)(C)C. The fraction of sp³-hybridized carbons (Fsp3) is 0.875. The van der Waals surface area contributed by atoms with Crippen molar-refractivity contribution in [1.82, 2.24) is 10.2 Å². The Bertz CT molecular complexity index is 416. The van der Waals surface area contributed by atoms with Gasteiger partial charge in [0.15, 0.2) is 0 Å². The minimum atomic E-state index is -0.982. The summed E-state index contributed by atoms with van der Waals surface area (Å²) in [5.41, 5.74) is -0.505. The van der Waals surface area contributed by atoms with Gasteiger partial charge < -0.3 is 15.3 Å². The molecule has 2 aliphatic carbocycles. The molecule has 0 spiro atoms. The van der Waals surface area contributed by atoms with Crippen LogP contribution in [0.5, 0.6) is 0 Å². The topological polar surface area (TPSA) is 69.6 Å². The van der Waals surface area contributed by atoms with Crippen LogP contribution in [-0.2, 0) is 4.79 Å². The molecule has 5 nitrogen and oxygen atoms in total. The molecule has 4 atom stereocenters. The van der Waals surface area contributed by atoms with Crippen LogP contribution in [0.15, 0.2) is 0 Å². The van der Waals surface area contributed by atoms with Crippen LogP contribution >= 0.6 is 0 Å². The van der Waals surface area contributed by atoms with Gasteiger partial charge in [0.1, 0.15) is 6.04 Å². The zero-order valence-electron chi connectivity index (χ0n) is 13.6. The maximum Gasteiger partial charge on any atom is 0.326 e. The van der Waals surface area contributed by atoms with E-state index in [1.807, 2.05) is 20.8 Å². The number of nitrogens with one attached hydrogen (secondary N) is 1. The van der Waals surface area contributed by atoms with Gasteiger partial charge in [0.2, 0.25) is 0 Å². The minimum Gasteiger partial charge on any atom is -0.480 e. The highest BCUT2D eigenvalue weighted by molar-refractivity contribution is 5.83. The molecule has 5 heteroatoms. The Morgan fingerprint density at radius 2 is 1.95 bits per heavy atom. The largest absolute Gasteiger partial charge is 0.480 e. The first-order valence-electron chi connectivity index (χ1n) is 7.93. The van der Waals surface area contributed by atoms with E-state index in [0.29, 0.717) is 5.92 Å². The van der Waals surface area contributed by atoms with Gasteiger partial charge in [-0.3, -0.25) is 0 Å². The Morgan fingerprint density at radius 1 is 1.29 bits per heavy atom. The van der Waals surface area contributed by atoms with E-state index in [1.54, 1.807) is 11.9 Å². The monoisotopic (exact) mass is 296 g/mol. The Hall–Kier alpha value is -1.26. The zero-order chi connectivity index (χ0) is 15.8. The number of nitrogens with zero attached hydrogens (tertiary/aromatic N) is 1.